The number of nitrogens with two attached hydrogens (primary N) is 1. The van der Waals surface area contributed by atoms with E-state index in [-0.39, 0.29) is 5.82 Å². The van der Waals surface area contributed by atoms with Crippen LogP contribution in [0.5, 0.6) is 0 Å². The van der Waals surface area contributed by atoms with Gasteiger partial charge in [-0.2, -0.15) is 13.2 Å². The van der Waals surface area contributed by atoms with Crippen LogP contribution in [-0.2, 0) is 6.18 Å². The third kappa shape index (κ3) is 3.01. The fraction of sp³-hybridized carbons (Fsp3) is 0.154. The molecule has 0 atom stereocenters. The Bertz CT molecular complexity index is 597. The van der Waals surface area contributed by atoms with E-state index >= 15 is 0 Å². The van der Waals surface area contributed by atoms with Crippen molar-refractivity contribution in [2.75, 3.05) is 12.0 Å². The van der Waals surface area contributed by atoms with Gasteiger partial charge in [-0.05, 0) is 30.0 Å². The van der Waals surface area contributed by atoms with Gasteiger partial charge in [0.25, 0.3) is 0 Å². The van der Waals surface area contributed by atoms with E-state index in [2.05, 4.69) is 4.98 Å². The van der Waals surface area contributed by atoms with E-state index in [1.165, 1.54) is 11.8 Å². The van der Waals surface area contributed by atoms with Crippen molar-refractivity contribution in [3.8, 4) is 11.1 Å². The summed E-state index contributed by atoms with van der Waals surface area (Å²) in [5, 5.41) is 0. The van der Waals surface area contributed by atoms with Crippen LogP contribution in [0.15, 0.2) is 41.4 Å². The molecule has 2 nitrogen and oxygen atoms in total. The van der Waals surface area contributed by atoms with E-state index in [0.717, 1.165) is 17.2 Å². The van der Waals surface area contributed by atoms with Crippen molar-refractivity contribution in [2.24, 2.45) is 0 Å². The van der Waals surface area contributed by atoms with E-state index < -0.39 is 11.7 Å². The zero-order chi connectivity index (χ0) is 14.0. The molecule has 6 heteroatoms. The first-order valence-electron chi connectivity index (χ1n) is 5.39. The zero-order valence-corrected chi connectivity index (χ0v) is 10.8. The third-order valence-electron chi connectivity index (χ3n) is 2.63. The Hall–Kier alpha value is -1.69. The maximum atomic E-state index is 12.7. The second-order valence-electron chi connectivity index (χ2n) is 3.89. The average molecular weight is 284 g/mol. The molecule has 0 radical (unpaired) electrons. The molecule has 100 valence electrons. The molecule has 1 aromatic carbocycles. The van der Waals surface area contributed by atoms with Crippen molar-refractivity contribution in [3.05, 3.63) is 42.1 Å². The molecule has 0 saturated carbocycles. The molecule has 0 fully saturated rings. The Balaban J connectivity index is 2.54. The van der Waals surface area contributed by atoms with E-state index in [9.17, 15) is 13.2 Å². The Labute approximate surface area is 112 Å². The highest BCUT2D eigenvalue weighted by molar-refractivity contribution is 7.98. The van der Waals surface area contributed by atoms with Gasteiger partial charge in [0, 0.05) is 16.7 Å². The van der Waals surface area contributed by atoms with E-state index in [4.69, 9.17) is 5.73 Å². The minimum absolute atomic E-state index is 0.0891. The summed E-state index contributed by atoms with van der Waals surface area (Å²) in [4.78, 5) is 4.58. The number of benzene rings is 1. The van der Waals surface area contributed by atoms with Crippen LogP contribution in [-0.4, -0.2) is 11.2 Å². The summed E-state index contributed by atoms with van der Waals surface area (Å²) in [6, 6.07) is 8.19. The number of rotatable bonds is 2. The number of alkyl halides is 3. The number of halogens is 3. The van der Waals surface area contributed by atoms with Crippen LogP contribution < -0.4 is 5.73 Å². The summed E-state index contributed by atoms with van der Waals surface area (Å²) in [6.45, 7) is 0. The normalized spacial score (nSPS) is 11.6. The van der Waals surface area contributed by atoms with Crippen LogP contribution in [0.25, 0.3) is 11.1 Å². The Morgan fingerprint density at radius 3 is 2.58 bits per heavy atom. The maximum absolute atomic E-state index is 12.7. The molecule has 0 aliphatic carbocycles. The smallest absolute Gasteiger partial charge is 0.383 e. The van der Waals surface area contributed by atoms with Crippen LogP contribution >= 0.6 is 11.8 Å². The average Bonchev–Trinajstić information content (AvgIpc) is 2.38. The fourth-order valence-electron chi connectivity index (χ4n) is 1.65. The van der Waals surface area contributed by atoms with Crippen molar-refractivity contribution >= 4 is 17.6 Å². The first-order valence-corrected chi connectivity index (χ1v) is 6.61. The Morgan fingerprint density at radius 1 is 1.21 bits per heavy atom. The quantitative estimate of drug-likeness (QED) is 0.845. The molecule has 1 aromatic heterocycles. The molecule has 0 aliphatic rings. The van der Waals surface area contributed by atoms with Gasteiger partial charge in [-0.1, -0.05) is 12.1 Å². The van der Waals surface area contributed by atoms with E-state index in [0.29, 0.717) is 11.1 Å². The van der Waals surface area contributed by atoms with E-state index in [1.807, 2.05) is 12.3 Å². The first-order chi connectivity index (χ1) is 8.91. The van der Waals surface area contributed by atoms with Crippen molar-refractivity contribution in [3.63, 3.8) is 0 Å². The molecule has 0 bridgehead atoms. The highest BCUT2D eigenvalue weighted by Crippen LogP contribution is 2.34. The molecule has 2 rings (SSSR count). The van der Waals surface area contributed by atoms with Crippen LogP contribution in [0.2, 0.25) is 0 Å². The van der Waals surface area contributed by atoms with Crippen LogP contribution in [0.1, 0.15) is 5.56 Å². The van der Waals surface area contributed by atoms with Gasteiger partial charge in [0.15, 0.2) is 0 Å². The highest BCUT2D eigenvalue weighted by atomic mass is 32.2. The summed E-state index contributed by atoms with van der Waals surface area (Å²) in [7, 11) is 0. The monoisotopic (exact) mass is 284 g/mol. The molecule has 0 unspecified atom stereocenters. The number of hydrogen-bond acceptors (Lipinski definition) is 3. The molecule has 0 aliphatic heterocycles. The van der Waals surface area contributed by atoms with Gasteiger partial charge in [0.1, 0.15) is 5.82 Å². The number of aromatic nitrogens is 1. The number of anilines is 1. The number of nitrogens with zero attached hydrogens (tertiary/aromatic N) is 1. The Morgan fingerprint density at radius 2 is 1.95 bits per heavy atom. The number of pyridine rings is 1. The van der Waals surface area contributed by atoms with Gasteiger partial charge in [0.05, 0.1) is 5.56 Å². The van der Waals surface area contributed by atoms with Crippen LogP contribution in [0.4, 0.5) is 19.0 Å². The molecular formula is C13H11F3N2S. The highest BCUT2D eigenvalue weighted by Gasteiger charge is 2.31. The predicted octanol–water partition coefficient (Wildman–Crippen LogP) is 4.07. The molecule has 0 spiro atoms. The van der Waals surface area contributed by atoms with Gasteiger partial charge < -0.3 is 5.73 Å². The maximum Gasteiger partial charge on any atom is 0.417 e. The number of thioether (sulfide) groups is 1. The Kier molecular flexibility index (Phi) is 3.71. The summed E-state index contributed by atoms with van der Waals surface area (Å²) >= 11 is 1.51. The summed E-state index contributed by atoms with van der Waals surface area (Å²) in [5.74, 6) is 0.0891. The largest absolute Gasteiger partial charge is 0.417 e. The topological polar surface area (TPSA) is 38.9 Å². The fourth-order valence-corrected chi connectivity index (χ4v) is 2.11. The summed E-state index contributed by atoms with van der Waals surface area (Å²) in [5.41, 5.74) is 5.80. The molecule has 0 amide bonds. The van der Waals surface area contributed by atoms with E-state index in [1.54, 1.807) is 18.2 Å². The predicted molar refractivity (Wildman–Crippen MR) is 70.9 cm³/mol. The van der Waals surface area contributed by atoms with Crippen molar-refractivity contribution in [2.45, 2.75) is 11.1 Å². The van der Waals surface area contributed by atoms with Gasteiger partial charge in [-0.15, -0.1) is 11.8 Å². The number of hydrogen-bond donors (Lipinski definition) is 1. The standard InChI is InChI=1S/C13H11F3N2S/c1-19-10-4-2-3-8(5-10)11-6-9(13(14,15)16)7-18-12(11)17/h2-7H,1H3,(H2,17,18). The first kappa shape index (κ1) is 13.7. The van der Waals surface area contributed by atoms with Crippen molar-refractivity contribution in [1.29, 1.82) is 0 Å². The molecule has 2 N–H and O–H groups in total. The molecule has 2 aromatic rings. The van der Waals surface area contributed by atoms with Gasteiger partial charge in [-0.3, -0.25) is 0 Å². The molecular weight excluding hydrogens is 273 g/mol. The second-order valence-corrected chi connectivity index (χ2v) is 4.77. The van der Waals surface area contributed by atoms with Gasteiger partial charge >= 0.3 is 6.18 Å². The lowest BCUT2D eigenvalue weighted by Crippen LogP contribution is -2.07. The van der Waals surface area contributed by atoms with Crippen molar-refractivity contribution < 1.29 is 13.2 Å². The molecule has 0 saturated heterocycles. The van der Waals surface area contributed by atoms with Gasteiger partial charge in [0.2, 0.25) is 0 Å². The summed E-state index contributed by atoms with van der Waals surface area (Å²) < 4.78 is 38.0. The lowest BCUT2D eigenvalue weighted by Gasteiger charge is -2.11. The lowest BCUT2D eigenvalue weighted by molar-refractivity contribution is -0.137. The lowest BCUT2D eigenvalue weighted by atomic mass is 10.0. The third-order valence-corrected chi connectivity index (χ3v) is 3.35. The minimum atomic E-state index is -4.42. The second kappa shape index (κ2) is 5.13. The number of nitrogen functional groups attached to an aromatic ring is 1. The molecule has 1 heterocycles. The van der Waals surface area contributed by atoms with Crippen LogP contribution in [0, 0.1) is 0 Å². The van der Waals surface area contributed by atoms with Crippen LogP contribution in [0.3, 0.4) is 0 Å². The minimum Gasteiger partial charge on any atom is -0.383 e. The zero-order valence-electron chi connectivity index (χ0n) is 10.0. The van der Waals surface area contributed by atoms with Crippen molar-refractivity contribution in [1.82, 2.24) is 4.98 Å². The molecule has 19 heavy (non-hydrogen) atoms. The summed E-state index contributed by atoms with van der Waals surface area (Å²) in [6.07, 6.45) is -1.78. The van der Waals surface area contributed by atoms with Gasteiger partial charge in [-0.25, -0.2) is 4.98 Å². The SMILES string of the molecule is CSc1cccc(-c2cc(C(F)(F)F)cnc2N)c1.